The summed E-state index contributed by atoms with van der Waals surface area (Å²) in [6.45, 7) is 10.3. The Kier molecular flexibility index (Phi) is 10.0. The minimum atomic E-state index is -0.645. The molecule has 0 radical (unpaired) electrons. The lowest BCUT2D eigenvalue weighted by molar-refractivity contribution is -0.141. The molecule has 2 aromatic rings. The van der Waals surface area contributed by atoms with Crippen LogP contribution in [0, 0.1) is 13.8 Å². The second-order valence-electron chi connectivity index (χ2n) is 7.92. The van der Waals surface area contributed by atoms with Gasteiger partial charge in [0.1, 0.15) is 23.8 Å². The van der Waals surface area contributed by atoms with Crippen LogP contribution < -0.4 is 14.8 Å². The first kappa shape index (κ1) is 26.0. The monoisotopic (exact) mass is 457 g/mol. The average molecular weight is 458 g/mol. The molecule has 0 fully saturated rings. The number of hydrogen-bond donors (Lipinski definition) is 1. The maximum Gasteiger partial charge on any atom is 0.407 e. The standard InChI is InChI=1S/C26H35NO6/c1-7-17(3)22-15-21(9-10-23(22)30-6)33-25-18(4)13-20(14-19(25)5)11-12-32-26(29)27-16-24(28)31-8-2/h9-10,13-15,17H,7-8,11-12,16H2,1-6H3,(H,27,29). The summed E-state index contributed by atoms with van der Waals surface area (Å²) in [5.74, 6) is 2.32. The maximum absolute atomic E-state index is 11.7. The van der Waals surface area contributed by atoms with E-state index >= 15 is 0 Å². The van der Waals surface area contributed by atoms with Gasteiger partial charge in [0.05, 0.1) is 20.3 Å². The summed E-state index contributed by atoms with van der Waals surface area (Å²) in [5, 5.41) is 2.37. The summed E-state index contributed by atoms with van der Waals surface area (Å²) >= 11 is 0. The minimum absolute atomic E-state index is 0.199. The van der Waals surface area contributed by atoms with Gasteiger partial charge < -0.3 is 24.3 Å². The predicted molar refractivity (Wildman–Crippen MR) is 127 cm³/mol. The van der Waals surface area contributed by atoms with Crippen LogP contribution in [0.15, 0.2) is 30.3 Å². The summed E-state index contributed by atoms with van der Waals surface area (Å²) in [5.41, 5.74) is 4.16. The maximum atomic E-state index is 11.7. The zero-order valence-corrected chi connectivity index (χ0v) is 20.4. The number of ether oxygens (including phenoxy) is 4. The lowest BCUT2D eigenvalue weighted by Gasteiger charge is -2.18. The Morgan fingerprint density at radius 3 is 2.33 bits per heavy atom. The molecule has 7 heteroatoms. The lowest BCUT2D eigenvalue weighted by Crippen LogP contribution is -2.31. The third-order valence-corrected chi connectivity index (χ3v) is 5.39. The molecule has 1 atom stereocenters. The largest absolute Gasteiger partial charge is 0.496 e. The van der Waals surface area contributed by atoms with Gasteiger partial charge in [0.15, 0.2) is 0 Å². The number of carbonyl (C=O) groups is 2. The number of hydrogen-bond acceptors (Lipinski definition) is 6. The van der Waals surface area contributed by atoms with E-state index in [0.717, 1.165) is 45.9 Å². The zero-order valence-electron chi connectivity index (χ0n) is 20.4. The van der Waals surface area contributed by atoms with Gasteiger partial charge in [-0.25, -0.2) is 4.79 Å². The van der Waals surface area contributed by atoms with Crippen molar-refractivity contribution in [3.8, 4) is 17.2 Å². The van der Waals surface area contributed by atoms with Gasteiger partial charge in [-0.3, -0.25) is 4.79 Å². The number of carbonyl (C=O) groups excluding carboxylic acids is 2. The van der Waals surface area contributed by atoms with Crippen LogP contribution >= 0.6 is 0 Å². The van der Waals surface area contributed by atoms with E-state index < -0.39 is 12.1 Å². The number of nitrogens with one attached hydrogen (secondary N) is 1. The molecule has 1 amide bonds. The van der Waals surface area contributed by atoms with E-state index in [1.165, 1.54) is 0 Å². The zero-order chi connectivity index (χ0) is 24.4. The smallest absolute Gasteiger partial charge is 0.407 e. The molecular weight excluding hydrogens is 422 g/mol. The van der Waals surface area contributed by atoms with Crippen LogP contribution in [0.4, 0.5) is 4.79 Å². The van der Waals surface area contributed by atoms with Crippen LogP contribution in [0.25, 0.3) is 0 Å². The molecule has 180 valence electrons. The third-order valence-electron chi connectivity index (χ3n) is 5.39. The highest BCUT2D eigenvalue weighted by Crippen LogP contribution is 2.36. The average Bonchev–Trinajstić information content (AvgIpc) is 2.79. The van der Waals surface area contributed by atoms with Crippen molar-refractivity contribution in [3.63, 3.8) is 0 Å². The molecule has 0 saturated heterocycles. The normalized spacial score (nSPS) is 11.5. The van der Waals surface area contributed by atoms with Crippen LogP contribution in [0.5, 0.6) is 17.2 Å². The van der Waals surface area contributed by atoms with Crippen LogP contribution in [0.3, 0.4) is 0 Å². The van der Waals surface area contributed by atoms with E-state index in [-0.39, 0.29) is 19.8 Å². The number of esters is 1. The van der Waals surface area contributed by atoms with Gasteiger partial charge in [0.2, 0.25) is 0 Å². The number of rotatable bonds is 11. The Morgan fingerprint density at radius 1 is 1.03 bits per heavy atom. The van der Waals surface area contributed by atoms with Gasteiger partial charge in [0, 0.05) is 12.0 Å². The second kappa shape index (κ2) is 12.7. The van der Waals surface area contributed by atoms with Crippen molar-refractivity contribution in [1.82, 2.24) is 5.32 Å². The summed E-state index contributed by atoms with van der Waals surface area (Å²) in [4.78, 5) is 23.0. The highest BCUT2D eigenvalue weighted by atomic mass is 16.6. The molecule has 0 aliphatic rings. The van der Waals surface area contributed by atoms with Crippen molar-refractivity contribution in [2.45, 2.75) is 53.4 Å². The summed E-state index contributed by atoms with van der Waals surface area (Å²) in [6.07, 6.45) is 0.915. The Balaban J connectivity index is 2.00. The lowest BCUT2D eigenvalue weighted by atomic mass is 9.97. The molecule has 7 nitrogen and oxygen atoms in total. The number of alkyl carbamates (subject to hydrolysis) is 1. The van der Waals surface area contributed by atoms with Gasteiger partial charge >= 0.3 is 12.1 Å². The van der Waals surface area contributed by atoms with Gasteiger partial charge in [-0.2, -0.15) is 0 Å². The molecule has 0 aliphatic heterocycles. The molecule has 2 aromatic carbocycles. The molecule has 0 heterocycles. The van der Waals surface area contributed by atoms with E-state index in [2.05, 4.69) is 19.2 Å². The van der Waals surface area contributed by atoms with E-state index in [0.29, 0.717) is 12.3 Å². The molecule has 0 spiro atoms. The molecule has 0 saturated carbocycles. The first-order valence-electron chi connectivity index (χ1n) is 11.3. The highest BCUT2D eigenvalue weighted by Gasteiger charge is 2.14. The van der Waals surface area contributed by atoms with Crippen molar-refractivity contribution in [2.75, 3.05) is 26.9 Å². The topological polar surface area (TPSA) is 83.1 Å². The molecule has 2 rings (SSSR count). The highest BCUT2D eigenvalue weighted by molar-refractivity contribution is 5.77. The summed E-state index contributed by atoms with van der Waals surface area (Å²) in [7, 11) is 1.68. The summed E-state index contributed by atoms with van der Waals surface area (Å²) in [6, 6.07) is 9.96. The number of amides is 1. The Morgan fingerprint density at radius 2 is 1.73 bits per heavy atom. The third kappa shape index (κ3) is 7.70. The van der Waals surface area contributed by atoms with Crippen molar-refractivity contribution >= 4 is 12.1 Å². The number of aryl methyl sites for hydroxylation is 2. The van der Waals surface area contributed by atoms with E-state index in [4.69, 9.17) is 18.9 Å². The van der Waals surface area contributed by atoms with Crippen LogP contribution in [0.1, 0.15) is 55.4 Å². The Labute approximate surface area is 196 Å². The molecule has 0 aromatic heterocycles. The fourth-order valence-corrected chi connectivity index (χ4v) is 3.51. The first-order chi connectivity index (χ1) is 15.8. The predicted octanol–water partition coefficient (Wildman–Crippen LogP) is 5.45. The van der Waals surface area contributed by atoms with Crippen molar-refractivity contribution in [2.24, 2.45) is 0 Å². The van der Waals surface area contributed by atoms with E-state index in [9.17, 15) is 9.59 Å². The van der Waals surface area contributed by atoms with Gasteiger partial charge in [-0.1, -0.05) is 26.0 Å². The van der Waals surface area contributed by atoms with Crippen molar-refractivity contribution in [3.05, 3.63) is 52.6 Å². The SMILES string of the molecule is CCOC(=O)CNC(=O)OCCc1cc(C)c(Oc2ccc(OC)c(C(C)CC)c2)c(C)c1. The Hall–Kier alpha value is -3.22. The fraction of sp³-hybridized carbons (Fsp3) is 0.462. The van der Waals surface area contributed by atoms with Crippen LogP contribution in [0.2, 0.25) is 0 Å². The van der Waals surface area contributed by atoms with E-state index in [1.54, 1.807) is 14.0 Å². The minimum Gasteiger partial charge on any atom is -0.496 e. The van der Waals surface area contributed by atoms with Crippen molar-refractivity contribution in [1.29, 1.82) is 0 Å². The summed E-state index contributed by atoms with van der Waals surface area (Å²) < 4.78 is 21.7. The van der Waals surface area contributed by atoms with Crippen LogP contribution in [-0.2, 0) is 20.7 Å². The van der Waals surface area contributed by atoms with Gasteiger partial charge in [-0.15, -0.1) is 0 Å². The molecule has 0 aliphatic carbocycles. The number of benzene rings is 2. The second-order valence-corrected chi connectivity index (χ2v) is 7.92. The fourth-order valence-electron chi connectivity index (χ4n) is 3.51. The molecule has 0 bridgehead atoms. The number of methoxy groups -OCH3 is 1. The van der Waals surface area contributed by atoms with Gasteiger partial charge in [0.25, 0.3) is 0 Å². The molecule has 1 N–H and O–H groups in total. The quantitative estimate of drug-likeness (QED) is 0.452. The van der Waals surface area contributed by atoms with Gasteiger partial charge in [-0.05, 0) is 68.0 Å². The molecule has 1 unspecified atom stereocenters. The van der Waals surface area contributed by atoms with Crippen LogP contribution in [-0.4, -0.2) is 38.9 Å². The first-order valence-corrected chi connectivity index (χ1v) is 11.3. The molecular formula is C26H35NO6. The van der Waals surface area contributed by atoms with E-state index in [1.807, 2.05) is 44.2 Å². The van der Waals surface area contributed by atoms with Crippen molar-refractivity contribution < 1.29 is 28.5 Å². The molecule has 33 heavy (non-hydrogen) atoms. The Bertz CT molecular complexity index is 933.